The zero-order valence-electron chi connectivity index (χ0n) is 14.8. The van der Waals surface area contributed by atoms with E-state index >= 15 is 0 Å². The molecule has 4 nitrogen and oxygen atoms in total. The topological polar surface area (TPSA) is 50.4 Å². The van der Waals surface area contributed by atoms with Crippen molar-refractivity contribution in [3.05, 3.63) is 59.2 Å². The largest absolute Gasteiger partial charge is 0.492 e. The Morgan fingerprint density at radius 3 is 2.58 bits per heavy atom. The summed E-state index contributed by atoms with van der Waals surface area (Å²) in [7, 11) is 0. The van der Waals surface area contributed by atoms with Gasteiger partial charge in [0.15, 0.2) is 0 Å². The van der Waals surface area contributed by atoms with Gasteiger partial charge in [-0.05, 0) is 48.6 Å². The summed E-state index contributed by atoms with van der Waals surface area (Å²) in [5.41, 5.74) is 4.25. The molecule has 0 saturated heterocycles. The SMILES string of the molecule is Cc1cccc(OCCNC(=O)Nc2c(C)cccc2C(C)C)c1. The second-order valence-corrected chi connectivity index (χ2v) is 6.24. The molecule has 0 fully saturated rings. The molecule has 24 heavy (non-hydrogen) atoms. The van der Waals surface area contributed by atoms with Crippen molar-refractivity contribution in [3.63, 3.8) is 0 Å². The first-order valence-electron chi connectivity index (χ1n) is 8.31. The molecule has 0 aliphatic carbocycles. The van der Waals surface area contributed by atoms with Crippen molar-refractivity contribution in [2.24, 2.45) is 0 Å². The highest BCUT2D eigenvalue weighted by atomic mass is 16.5. The van der Waals surface area contributed by atoms with E-state index in [4.69, 9.17) is 4.74 Å². The van der Waals surface area contributed by atoms with E-state index < -0.39 is 0 Å². The molecule has 0 aliphatic rings. The van der Waals surface area contributed by atoms with Crippen molar-refractivity contribution >= 4 is 11.7 Å². The molecule has 0 spiro atoms. The molecule has 2 aromatic carbocycles. The number of urea groups is 1. The van der Waals surface area contributed by atoms with E-state index in [1.807, 2.05) is 56.3 Å². The number of carbonyl (C=O) groups is 1. The molecule has 0 heterocycles. The van der Waals surface area contributed by atoms with Gasteiger partial charge in [0.25, 0.3) is 0 Å². The number of para-hydroxylation sites is 1. The molecule has 0 radical (unpaired) electrons. The van der Waals surface area contributed by atoms with Crippen molar-refractivity contribution in [2.75, 3.05) is 18.5 Å². The van der Waals surface area contributed by atoms with Crippen LogP contribution in [0.4, 0.5) is 10.5 Å². The van der Waals surface area contributed by atoms with Crippen LogP contribution in [-0.4, -0.2) is 19.2 Å². The van der Waals surface area contributed by atoms with Crippen molar-refractivity contribution in [3.8, 4) is 5.75 Å². The van der Waals surface area contributed by atoms with Gasteiger partial charge in [-0.15, -0.1) is 0 Å². The van der Waals surface area contributed by atoms with Crippen molar-refractivity contribution in [1.82, 2.24) is 5.32 Å². The van der Waals surface area contributed by atoms with E-state index in [1.165, 1.54) is 0 Å². The molecular weight excluding hydrogens is 300 g/mol. The third kappa shape index (κ3) is 5.01. The molecule has 0 unspecified atom stereocenters. The number of carbonyl (C=O) groups excluding carboxylic acids is 1. The van der Waals surface area contributed by atoms with Crippen LogP contribution in [0.1, 0.15) is 36.5 Å². The highest BCUT2D eigenvalue weighted by molar-refractivity contribution is 5.91. The van der Waals surface area contributed by atoms with Gasteiger partial charge >= 0.3 is 6.03 Å². The molecule has 128 valence electrons. The number of amides is 2. The van der Waals surface area contributed by atoms with Crippen LogP contribution in [0.15, 0.2) is 42.5 Å². The smallest absolute Gasteiger partial charge is 0.319 e. The Kier molecular flexibility index (Phi) is 6.24. The third-order valence-electron chi connectivity index (χ3n) is 3.81. The van der Waals surface area contributed by atoms with Crippen molar-refractivity contribution in [2.45, 2.75) is 33.6 Å². The minimum Gasteiger partial charge on any atom is -0.492 e. The third-order valence-corrected chi connectivity index (χ3v) is 3.81. The zero-order valence-corrected chi connectivity index (χ0v) is 14.8. The fourth-order valence-corrected chi connectivity index (χ4v) is 2.54. The summed E-state index contributed by atoms with van der Waals surface area (Å²) in [6.45, 7) is 9.14. The Hall–Kier alpha value is -2.49. The highest BCUT2D eigenvalue weighted by Crippen LogP contribution is 2.27. The summed E-state index contributed by atoms with van der Waals surface area (Å²) in [5, 5.41) is 5.80. The van der Waals surface area contributed by atoms with Gasteiger partial charge in [0, 0.05) is 5.69 Å². The maximum absolute atomic E-state index is 12.1. The first-order chi connectivity index (χ1) is 11.5. The number of benzene rings is 2. The van der Waals surface area contributed by atoms with Gasteiger partial charge in [0.2, 0.25) is 0 Å². The van der Waals surface area contributed by atoms with Gasteiger partial charge in [-0.25, -0.2) is 4.79 Å². The van der Waals surface area contributed by atoms with Crippen LogP contribution in [-0.2, 0) is 0 Å². The minimum atomic E-state index is -0.209. The summed E-state index contributed by atoms with van der Waals surface area (Å²) >= 11 is 0. The summed E-state index contributed by atoms with van der Waals surface area (Å²) < 4.78 is 5.63. The average molecular weight is 326 g/mol. The Morgan fingerprint density at radius 1 is 1.12 bits per heavy atom. The lowest BCUT2D eigenvalue weighted by Gasteiger charge is -2.17. The zero-order chi connectivity index (χ0) is 17.5. The van der Waals surface area contributed by atoms with Gasteiger partial charge < -0.3 is 15.4 Å². The number of ether oxygens (including phenoxy) is 1. The van der Waals surface area contributed by atoms with Crippen LogP contribution >= 0.6 is 0 Å². The number of hydrogen-bond acceptors (Lipinski definition) is 2. The molecule has 2 rings (SSSR count). The quantitative estimate of drug-likeness (QED) is 0.761. The van der Waals surface area contributed by atoms with Crippen LogP contribution in [0.2, 0.25) is 0 Å². The first kappa shape index (κ1) is 17.9. The normalized spacial score (nSPS) is 10.5. The molecular formula is C20H26N2O2. The summed E-state index contributed by atoms with van der Waals surface area (Å²) in [4.78, 5) is 12.1. The van der Waals surface area contributed by atoms with Crippen LogP contribution in [0.25, 0.3) is 0 Å². The molecule has 0 aromatic heterocycles. The Labute approximate surface area is 144 Å². The molecule has 2 N–H and O–H groups in total. The fraction of sp³-hybridized carbons (Fsp3) is 0.350. The lowest BCUT2D eigenvalue weighted by Crippen LogP contribution is -2.32. The number of anilines is 1. The fourth-order valence-electron chi connectivity index (χ4n) is 2.54. The Bertz CT molecular complexity index is 696. The lowest BCUT2D eigenvalue weighted by atomic mass is 9.98. The van der Waals surface area contributed by atoms with Gasteiger partial charge in [-0.1, -0.05) is 44.2 Å². The average Bonchev–Trinajstić information content (AvgIpc) is 2.53. The maximum atomic E-state index is 12.1. The minimum absolute atomic E-state index is 0.209. The molecule has 0 bridgehead atoms. The number of hydrogen-bond donors (Lipinski definition) is 2. The van der Waals surface area contributed by atoms with Gasteiger partial charge in [-0.2, -0.15) is 0 Å². The molecule has 0 saturated carbocycles. The van der Waals surface area contributed by atoms with Crippen LogP contribution in [0.5, 0.6) is 5.75 Å². The predicted octanol–water partition coefficient (Wildman–Crippen LogP) is 4.63. The van der Waals surface area contributed by atoms with Crippen LogP contribution < -0.4 is 15.4 Å². The number of rotatable bonds is 6. The van der Waals surface area contributed by atoms with Gasteiger partial charge in [-0.3, -0.25) is 0 Å². The van der Waals surface area contributed by atoms with E-state index in [1.54, 1.807) is 0 Å². The van der Waals surface area contributed by atoms with E-state index in [2.05, 4.69) is 24.5 Å². The van der Waals surface area contributed by atoms with E-state index in [9.17, 15) is 4.79 Å². The van der Waals surface area contributed by atoms with Crippen LogP contribution in [0.3, 0.4) is 0 Å². The molecule has 2 aromatic rings. The predicted molar refractivity (Wildman–Crippen MR) is 99.0 cm³/mol. The van der Waals surface area contributed by atoms with Crippen LogP contribution in [0, 0.1) is 13.8 Å². The number of aryl methyl sites for hydroxylation is 2. The maximum Gasteiger partial charge on any atom is 0.319 e. The van der Waals surface area contributed by atoms with E-state index in [0.717, 1.165) is 28.1 Å². The molecule has 4 heteroatoms. The molecule has 2 amide bonds. The summed E-state index contributed by atoms with van der Waals surface area (Å²) in [6.07, 6.45) is 0. The van der Waals surface area contributed by atoms with Crippen molar-refractivity contribution in [1.29, 1.82) is 0 Å². The Morgan fingerprint density at radius 2 is 1.88 bits per heavy atom. The second kappa shape index (κ2) is 8.39. The summed E-state index contributed by atoms with van der Waals surface area (Å²) in [5.74, 6) is 1.17. The standard InChI is InChI=1S/C20H26N2O2/c1-14(2)18-10-6-8-16(4)19(18)22-20(23)21-11-12-24-17-9-5-7-15(3)13-17/h5-10,13-14H,11-12H2,1-4H3,(H2,21,22,23). The first-order valence-corrected chi connectivity index (χ1v) is 8.31. The second-order valence-electron chi connectivity index (χ2n) is 6.24. The van der Waals surface area contributed by atoms with Gasteiger partial charge in [0.1, 0.15) is 12.4 Å². The Balaban J connectivity index is 1.84. The van der Waals surface area contributed by atoms with Crippen molar-refractivity contribution < 1.29 is 9.53 Å². The van der Waals surface area contributed by atoms with Gasteiger partial charge in [0.05, 0.1) is 6.54 Å². The lowest BCUT2D eigenvalue weighted by molar-refractivity contribution is 0.247. The monoisotopic (exact) mass is 326 g/mol. The molecule has 0 atom stereocenters. The number of nitrogens with one attached hydrogen (secondary N) is 2. The van der Waals surface area contributed by atoms with E-state index in [-0.39, 0.29) is 6.03 Å². The van der Waals surface area contributed by atoms with E-state index in [0.29, 0.717) is 19.1 Å². The molecule has 0 aliphatic heterocycles. The highest BCUT2D eigenvalue weighted by Gasteiger charge is 2.11. The summed E-state index contributed by atoms with van der Waals surface area (Å²) in [6, 6.07) is 13.7.